The van der Waals surface area contributed by atoms with Crippen molar-refractivity contribution in [1.82, 2.24) is 0 Å². The van der Waals surface area contributed by atoms with Crippen LogP contribution in [-0.4, -0.2) is 0 Å². The molecule has 226 valence electrons. The Labute approximate surface area is 237 Å². The fourth-order valence-electron chi connectivity index (χ4n) is 4.23. The molecule has 0 spiro atoms. The van der Waals surface area contributed by atoms with Crippen molar-refractivity contribution >= 4 is 5.83 Å². The van der Waals surface area contributed by atoms with Crippen LogP contribution in [0.15, 0.2) is 78.6 Å². The second-order valence-corrected chi connectivity index (χ2v) is 9.32. The van der Waals surface area contributed by atoms with E-state index in [4.69, 9.17) is 0 Å². The fraction of sp³-hybridized carbons (Fsp3) is 0.161. The Balaban J connectivity index is 1.54. The first-order valence-electron chi connectivity index (χ1n) is 12.5. The molecule has 0 atom stereocenters. The van der Waals surface area contributed by atoms with E-state index < -0.39 is 75.2 Å². The van der Waals surface area contributed by atoms with Crippen LogP contribution in [-0.2, 0) is 12.3 Å². The van der Waals surface area contributed by atoms with Crippen LogP contribution in [0.2, 0.25) is 0 Å². The molecule has 12 heteroatoms. The van der Waals surface area contributed by atoms with Gasteiger partial charge in [-0.1, -0.05) is 43.3 Å². The predicted octanol–water partition coefficient (Wildman–Crippen LogP) is 11.1. The zero-order chi connectivity index (χ0) is 31.7. The van der Waals surface area contributed by atoms with Crippen molar-refractivity contribution in [2.24, 2.45) is 0 Å². The SMILES string of the molecule is CCC/C(F)=C(\F)c1cc(F)c(-c2ccc(-c3ccc(C(F)(F)Oc4cc(F)c(C(F)(F)F)c(F)c4)cc3)cc2)c(F)c1. The monoisotopic (exact) mass is 616 g/mol. The Morgan fingerprint density at radius 2 is 1.12 bits per heavy atom. The number of hydrogen-bond donors (Lipinski definition) is 0. The van der Waals surface area contributed by atoms with Crippen LogP contribution in [0.1, 0.15) is 36.5 Å². The van der Waals surface area contributed by atoms with E-state index in [9.17, 15) is 48.3 Å². The largest absolute Gasteiger partial charge is 0.429 e. The summed E-state index contributed by atoms with van der Waals surface area (Å²) in [5.74, 6) is -10.2. The summed E-state index contributed by atoms with van der Waals surface area (Å²) in [6.45, 7) is 1.61. The van der Waals surface area contributed by atoms with Crippen molar-refractivity contribution in [2.45, 2.75) is 32.1 Å². The molecule has 43 heavy (non-hydrogen) atoms. The van der Waals surface area contributed by atoms with Gasteiger partial charge in [0.05, 0.1) is 11.1 Å². The van der Waals surface area contributed by atoms with Gasteiger partial charge < -0.3 is 4.74 Å². The first-order chi connectivity index (χ1) is 20.1. The summed E-state index contributed by atoms with van der Waals surface area (Å²) >= 11 is 0. The topological polar surface area (TPSA) is 9.23 Å². The molecule has 0 heterocycles. The van der Waals surface area contributed by atoms with E-state index >= 15 is 0 Å². The van der Waals surface area contributed by atoms with Gasteiger partial charge in [-0.2, -0.15) is 22.0 Å². The van der Waals surface area contributed by atoms with Crippen LogP contribution >= 0.6 is 0 Å². The summed E-state index contributed by atoms with van der Waals surface area (Å²) < 4.78 is 157. The van der Waals surface area contributed by atoms with E-state index in [0.29, 0.717) is 29.7 Å². The molecule has 0 fully saturated rings. The minimum Gasteiger partial charge on any atom is -0.429 e. The maximum atomic E-state index is 14.7. The number of ether oxygens (including phenoxy) is 1. The minimum absolute atomic E-state index is 0.00705. The summed E-state index contributed by atoms with van der Waals surface area (Å²) in [5.41, 5.74) is -3.30. The molecule has 1 nitrogen and oxygen atoms in total. The summed E-state index contributed by atoms with van der Waals surface area (Å²) in [6, 6.07) is 11.0. The van der Waals surface area contributed by atoms with Gasteiger partial charge in [-0.3, -0.25) is 0 Å². The minimum atomic E-state index is -5.39. The lowest BCUT2D eigenvalue weighted by atomic mass is 9.97. The second-order valence-electron chi connectivity index (χ2n) is 9.32. The molecule has 0 radical (unpaired) electrons. The zero-order valence-corrected chi connectivity index (χ0v) is 21.9. The lowest BCUT2D eigenvalue weighted by Crippen LogP contribution is -2.22. The van der Waals surface area contributed by atoms with Gasteiger partial charge in [-0.25, -0.2) is 26.3 Å². The van der Waals surface area contributed by atoms with E-state index in [-0.39, 0.29) is 24.1 Å². The summed E-state index contributed by atoms with van der Waals surface area (Å²) in [6.07, 6.45) is -9.53. The summed E-state index contributed by atoms with van der Waals surface area (Å²) in [7, 11) is 0. The molecular formula is C31H19F11O. The molecule has 0 saturated carbocycles. The Morgan fingerprint density at radius 1 is 0.651 bits per heavy atom. The van der Waals surface area contributed by atoms with Crippen molar-refractivity contribution < 1.29 is 53.0 Å². The van der Waals surface area contributed by atoms with Gasteiger partial charge >= 0.3 is 12.3 Å². The first-order valence-corrected chi connectivity index (χ1v) is 12.5. The molecule has 0 aliphatic carbocycles. The Morgan fingerprint density at radius 3 is 1.58 bits per heavy atom. The molecule has 4 aromatic rings. The quantitative estimate of drug-likeness (QED) is 0.179. The van der Waals surface area contributed by atoms with Crippen LogP contribution in [0.4, 0.5) is 48.3 Å². The smallest absolute Gasteiger partial charge is 0.426 e. The van der Waals surface area contributed by atoms with Gasteiger partial charge in [-0.05, 0) is 47.4 Å². The average molecular weight is 616 g/mol. The van der Waals surface area contributed by atoms with Gasteiger partial charge in [-0.15, -0.1) is 0 Å². The van der Waals surface area contributed by atoms with E-state index in [1.54, 1.807) is 6.92 Å². The molecule has 0 bridgehead atoms. The molecule has 4 rings (SSSR count). The molecule has 0 aliphatic heterocycles. The molecule has 0 amide bonds. The van der Waals surface area contributed by atoms with Gasteiger partial charge in [0.25, 0.3) is 0 Å². The van der Waals surface area contributed by atoms with Gasteiger partial charge in [0.1, 0.15) is 40.4 Å². The highest BCUT2D eigenvalue weighted by atomic mass is 19.4. The van der Waals surface area contributed by atoms with Crippen molar-refractivity contribution in [3.8, 4) is 28.0 Å². The second kappa shape index (κ2) is 12.1. The first kappa shape index (κ1) is 31.6. The highest BCUT2D eigenvalue weighted by molar-refractivity contribution is 5.73. The molecular weight excluding hydrogens is 597 g/mol. The van der Waals surface area contributed by atoms with Crippen LogP contribution in [0.5, 0.6) is 5.75 Å². The zero-order valence-electron chi connectivity index (χ0n) is 21.9. The Kier molecular flexibility index (Phi) is 8.89. The number of hydrogen-bond acceptors (Lipinski definition) is 1. The summed E-state index contributed by atoms with van der Waals surface area (Å²) in [4.78, 5) is 0. The van der Waals surface area contributed by atoms with E-state index in [1.165, 1.54) is 36.4 Å². The third-order valence-corrected chi connectivity index (χ3v) is 6.28. The summed E-state index contributed by atoms with van der Waals surface area (Å²) in [5, 5.41) is 0. The van der Waals surface area contributed by atoms with E-state index in [2.05, 4.69) is 4.74 Å². The highest BCUT2D eigenvalue weighted by Crippen LogP contribution is 2.39. The van der Waals surface area contributed by atoms with Crippen LogP contribution in [0.3, 0.4) is 0 Å². The van der Waals surface area contributed by atoms with Crippen molar-refractivity contribution in [3.63, 3.8) is 0 Å². The highest BCUT2D eigenvalue weighted by Gasteiger charge is 2.40. The van der Waals surface area contributed by atoms with Crippen LogP contribution in [0, 0.1) is 23.3 Å². The third kappa shape index (κ3) is 6.84. The standard InChI is InChI=1S/C31H19F11O/c1-2-3-22(32)29(37)19-12-23(33)27(24(34)13-19)18-6-4-16(5-7-18)17-8-10-20(11-9-17)31(41,42)43-21-14-25(35)28(26(36)15-21)30(38,39)40/h4-15H,2-3H2,1H3/b29-22+. The Hall–Kier alpha value is -4.35. The maximum absolute atomic E-state index is 14.7. The van der Waals surface area contributed by atoms with Crippen LogP contribution < -0.4 is 4.74 Å². The Bertz CT molecular complexity index is 1610. The molecule has 0 aliphatic rings. The van der Waals surface area contributed by atoms with Crippen molar-refractivity contribution in [3.05, 3.63) is 119 Å². The van der Waals surface area contributed by atoms with Gasteiger partial charge in [0.15, 0.2) is 5.83 Å². The average Bonchev–Trinajstić information content (AvgIpc) is 2.91. The molecule has 4 aromatic carbocycles. The number of rotatable bonds is 8. The lowest BCUT2D eigenvalue weighted by Gasteiger charge is -2.19. The van der Waals surface area contributed by atoms with E-state index in [1.807, 2.05) is 0 Å². The van der Waals surface area contributed by atoms with Gasteiger partial charge in [0.2, 0.25) is 0 Å². The number of halogens is 11. The van der Waals surface area contributed by atoms with Crippen molar-refractivity contribution in [1.29, 1.82) is 0 Å². The molecule has 0 unspecified atom stereocenters. The van der Waals surface area contributed by atoms with Crippen LogP contribution in [0.25, 0.3) is 28.1 Å². The van der Waals surface area contributed by atoms with Crippen molar-refractivity contribution in [2.75, 3.05) is 0 Å². The maximum Gasteiger partial charge on any atom is 0.426 e. The molecule has 0 aromatic heterocycles. The molecule has 0 N–H and O–H groups in total. The molecule has 0 saturated heterocycles. The number of allylic oxidation sites excluding steroid dienone is 1. The lowest BCUT2D eigenvalue weighted by molar-refractivity contribution is -0.185. The number of alkyl halides is 5. The van der Waals surface area contributed by atoms with Gasteiger partial charge in [0, 0.05) is 24.1 Å². The fourth-order valence-corrected chi connectivity index (χ4v) is 4.23. The number of benzene rings is 4. The third-order valence-electron chi connectivity index (χ3n) is 6.28. The normalized spacial score (nSPS) is 12.7. The predicted molar refractivity (Wildman–Crippen MR) is 137 cm³/mol. The van der Waals surface area contributed by atoms with E-state index in [0.717, 1.165) is 12.1 Å².